The fourth-order valence-electron chi connectivity index (χ4n) is 3.24. The van der Waals surface area contributed by atoms with Crippen molar-refractivity contribution in [2.45, 2.75) is 45.6 Å². The molecule has 2 aromatic rings. The quantitative estimate of drug-likeness (QED) is 0.858. The van der Waals surface area contributed by atoms with Crippen LogP contribution in [0.3, 0.4) is 0 Å². The first-order valence-electron chi connectivity index (χ1n) is 7.87. The van der Waals surface area contributed by atoms with Crippen LogP contribution in [-0.4, -0.2) is 39.1 Å². The molecule has 108 valence electrons. The molecule has 0 unspecified atom stereocenters. The molecule has 4 heteroatoms. The zero-order valence-corrected chi connectivity index (χ0v) is 12.5. The van der Waals surface area contributed by atoms with Gasteiger partial charge in [-0.3, -0.25) is 0 Å². The second-order valence-electron chi connectivity index (χ2n) is 5.68. The highest BCUT2D eigenvalue weighted by molar-refractivity contribution is 5.71. The van der Waals surface area contributed by atoms with Gasteiger partial charge in [-0.1, -0.05) is 13.8 Å². The van der Waals surface area contributed by atoms with E-state index in [1.807, 2.05) is 12.3 Å². The Morgan fingerprint density at radius 3 is 2.75 bits per heavy atom. The van der Waals surface area contributed by atoms with Crippen molar-refractivity contribution in [2.24, 2.45) is 0 Å². The summed E-state index contributed by atoms with van der Waals surface area (Å²) in [5.41, 5.74) is 2.11. The molecule has 0 aliphatic carbocycles. The van der Waals surface area contributed by atoms with E-state index in [4.69, 9.17) is 4.98 Å². The molecule has 3 rings (SSSR count). The van der Waals surface area contributed by atoms with Crippen molar-refractivity contribution in [3.05, 3.63) is 24.2 Å². The van der Waals surface area contributed by atoms with Crippen LogP contribution in [0.2, 0.25) is 0 Å². The lowest BCUT2D eigenvalue weighted by atomic mass is 9.96. The number of aryl methyl sites for hydroxylation is 1. The number of nitrogens with zero attached hydrogens (tertiary/aromatic N) is 4. The molecule has 1 aliphatic heterocycles. The Morgan fingerprint density at radius 1 is 1.25 bits per heavy atom. The Balaban J connectivity index is 1.92. The molecule has 1 fully saturated rings. The monoisotopic (exact) mass is 272 g/mol. The van der Waals surface area contributed by atoms with E-state index in [0.29, 0.717) is 5.92 Å². The second-order valence-corrected chi connectivity index (χ2v) is 5.68. The Bertz CT molecular complexity index is 567. The predicted octanol–water partition coefficient (Wildman–Crippen LogP) is 3.04. The van der Waals surface area contributed by atoms with Gasteiger partial charge in [0.25, 0.3) is 0 Å². The van der Waals surface area contributed by atoms with E-state index >= 15 is 0 Å². The average molecular weight is 272 g/mol. The standard InChI is InChI=1S/C16H24N4/c1-3-10-20-15(13-7-11-19(4-2)12-8-13)18-14-6-5-9-17-16(14)20/h5-6,9,13H,3-4,7-8,10-12H2,1-2H3. The number of likely N-dealkylation sites (tertiary alicyclic amines) is 1. The van der Waals surface area contributed by atoms with Crippen LogP contribution >= 0.6 is 0 Å². The van der Waals surface area contributed by atoms with Crippen LogP contribution in [0.15, 0.2) is 18.3 Å². The van der Waals surface area contributed by atoms with E-state index in [2.05, 4.69) is 34.4 Å². The Labute approximate surface area is 120 Å². The lowest BCUT2D eigenvalue weighted by Crippen LogP contribution is -2.33. The molecule has 20 heavy (non-hydrogen) atoms. The molecule has 0 aromatic carbocycles. The first kappa shape index (κ1) is 13.6. The molecule has 0 amide bonds. The Hall–Kier alpha value is -1.42. The van der Waals surface area contributed by atoms with E-state index in [-0.39, 0.29) is 0 Å². The number of imidazole rings is 1. The SMILES string of the molecule is CCCn1c(C2CCN(CC)CC2)nc2cccnc21. The van der Waals surface area contributed by atoms with Crippen molar-refractivity contribution in [2.75, 3.05) is 19.6 Å². The first-order chi connectivity index (χ1) is 9.83. The Kier molecular flexibility index (Phi) is 4.01. The smallest absolute Gasteiger partial charge is 0.159 e. The molecule has 3 heterocycles. The molecule has 2 aromatic heterocycles. The van der Waals surface area contributed by atoms with Gasteiger partial charge in [-0.2, -0.15) is 0 Å². The molecule has 1 saturated heterocycles. The molecule has 0 saturated carbocycles. The summed E-state index contributed by atoms with van der Waals surface area (Å²) in [6.45, 7) is 9.05. The van der Waals surface area contributed by atoms with E-state index < -0.39 is 0 Å². The van der Waals surface area contributed by atoms with Crippen LogP contribution in [-0.2, 0) is 6.54 Å². The van der Waals surface area contributed by atoms with E-state index in [1.54, 1.807) is 0 Å². The number of hydrogen-bond donors (Lipinski definition) is 0. The van der Waals surface area contributed by atoms with Crippen LogP contribution in [0.4, 0.5) is 0 Å². The highest BCUT2D eigenvalue weighted by Gasteiger charge is 2.24. The van der Waals surface area contributed by atoms with Crippen LogP contribution in [0.5, 0.6) is 0 Å². The second kappa shape index (κ2) is 5.92. The number of hydrogen-bond acceptors (Lipinski definition) is 3. The van der Waals surface area contributed by atoms with Crippen LogP contribution in [0, 0.1) is 0 Å². The van der Waals surface area contributed by atoms with Gasteiger partial charge < -0.3 is 9.47 Å². The summed E-state index contributed by atoms with van der Waals surface area (Å²) in [5.74, 6) is 1.86. The van der Waals surface area contributed by atoms with Gasteiger partial charge in [0, 0.05) is 18.7 Å². The van der Waals surface area contributed by atoms with Gasteiger partial charge in [-0.05, 0) is 51.0 Å². The number of rotatable bonds is 4. The number of aromatic nitrogens is 3. The summed E-state index contributed by atoms with van der Waals surface area (Å²) >= 11 is 0. The molecular weight excluding hydrogens is 248 g/mol. The minimum Gasteiger partial charge on any atom is -0.312 e. The van der Waals surface area contributed by atoms with E-state index in [0.717, 1.165) is 24.1 Å². The highest BCUT2D eigenvalue weighted by atomic mass is 15.2. The van der Waals surface area contributed by atoms with E-state index in [1.165, 1.54) is 38.3 Å². The molecular formula is C16H24N4. The highest BCUT2D eigenvalue weighted by Crippen LogP contribution is 2.29. The molecule has 0 N–H and O–H groups in total. The van der Waals surface area contributed by atoms with Crippen molar-refractivity contribution in [1.82, 2.24) is 19.4 Å². The first-order valence-corrected chi connectivity index (χ1v) is 7.87. The lowest BCUT2D eigenvalue weighted by Gasteiger charge is -2.30. The van der Waals surface area contributed by atoms with Gasteiger partial charge in [0.15, 0.2) is 5.65 Å². The minimum atomic E-state index is 0.596. The third-order valence-corrected chi connectivity index (χ3v) is 4.38. The van der Waals surface area contributed by atoms with Gasteiger partial charge in [0.2, 0.25) is 0 Å². The molecule has 0 radical (unpaired) electrons. The lowest BCUT2D eigenvalue weighted by molar-refractivity contribution is 0.217. The maximum Gasteiger partial charge on any atom is 0.159 e. The van der Waals surface area contributed by atoms with Crippen molar-refractivity contribution in [1.29, 1.82) is 0 Å². The minimum absolute atomic E-state index is 0.596. The summed E-state index contributed by atoms with van der Waals surface area (Å²) in [6, 6.07) is 4.06. The third-order valence-electron chi connectivity index (χ3n) is 4.38. The summed E-state index contributed by atoms with van der Waals surface area (Å²) in [4.78, 5) is 12.0. The van der Waals surface area contributed by atoms with Gasteiger partial charge in [-0.15, -0.1) is 0 Å². The van der Waals surface area contributed by atoms with Crippen LogP contribution < -0.4 is 0 Å². The fourth-order valence-corrected chi connectivity index (χ4v) is 3.24. The Morgan fingerprint density at radius 2 is 2.05 bits per heavy atom. The van der Waals surface area contributed by atoms with Crippen molar-refractivity contribution < 1.29 is 0 Å². The molecule has 4 nitrogen and oxygen atoms in total. The predicted molar refractivity (Wildman–Crippen MR) is 81.9 cm³/mol. The third kappa shape index (κ3) is 2.44. The summed E-state index contributed by atoms with van der Waals surface area (Å²) < 4.78 is 2.35. The number of pyridine rings is 1. The van der Waals surface area contributed by atoms with Crippen molar-refractivity contribution in [3.63, 3.8) is 0 Å². The number of fused-ring (bicyclic) bond motifs is 1. The van der Waals surface area contributed by atoms with Crippen molar-refractivity contribution >= 4 is 11.2 Å². The summed E-state index contributed by atoms with van der Waals surface area (Å²) in [5, 5.41) is 0. The average Bonchev–Trinajstić information content (AvgIpc) is 2.87. The van der Waals surface area contributed by atoms with Crippen LogP contribution in [0.25, 0.3) is 11.2 Å². The van der Waals surface area contributed by atoms with Crippen LogP contribution in [0.1, 0.15) is 44.9 Å². The summed E-state index contributed by atoms with van der Waals surface area (Å²) in [6.07, 6.45) is 5.45. The van der Waals surface area contributed by atoms with Gasteiger partial charge >= 0.3 is 0 Å². The molecule has 0 spiro atoms. The van der Waals surface area contributed by atoms with Gasteiger partial charge in [0.1, 0.15) is 11.3 Å². The van der Waals surface area contributed by atoms with Gasteiger partial charge in [-0.25, -0.2) is 9.97 Å². The molecule has 0 bridgehead atoms. The maximum atomic E-state index is 4.89. The topological polar surface area (TPSA) is 34.0 Å². The number of piperidine rings is 1. The summed E-state index contributed by atoms with van der Waals surface area (Å²) in [7, 11) is 0. The largest absolute Gasteiger partial charge is 0.312 e. The normalized spacial score (nSPS) is 17.9. The van der Waals surface area contributed by atoms with E-state index in [9.17, 15) is 0 Å². The molecule has 0 atom stereocenters. The molecule has 1 aliphatic rings. The fraction of sp³-hybridized carbons (Fsp3) is 0.625. The van der Waals surface area contributed by atoms with Gasteiger partial charge in [0.05, 0.1) is 0 Å². The van der Waals surface area contributed by atoms with Crippen molar-refractivity contribution in [3.8, 4) is 0 Å². The zero-order valence-electron chi connectivity index (χ0n) is 12.5. The zero-order chi connectivity index (χ0) is 13.9. The maximum absolute atomic E-state index is 4.89.